The van der Waals surface area contributed by atoms with Crippen LogP contribution in [-0.4, -0.2) is 17.1 Å². The largest absolute Gasteiger partial charge is 0.334 e. The normalized spacial score (nSPS) is 17.2. The number of halogens is 1. The molecule has 0 spiro atoms. The van der Waals surface area contributed by atoms with E-state index in [4.69, 9.17) is 0 Å². The van der Waals surface area contributed by atoms with Crippen LogP contribution < -0.4 is 25.1 Å². The number of hydrogen-bond acceptors (Lipinski definition) is 5. The van der Waals surface area contributed by atoms with Crippen LogP contribution >= 0.6 is 27.3 Å². The zero-order valence-corrected chi connectivity index (χ0v) is 16.4. The van der Waals surface area contributed by atoms with Gasteiger partial charge in [0.25, 0.3) is 11.5 Å². The second-order valence-electron chi connectivity index (χ2n) is 6.28. The fourth-order valence-corrected chi connectivity index (χ4v) is 4.64. The van der Waals surface area contributed by atoms with Gasteiger partial charge in [-0.2, -0.15) is 0 Å². The SMILES string of the molecule is O=C1Nc2ccccc2/C1=c1/sc2n(c1=O)CN(c1ccc(Br)cc1)CN=2. The molecule has 0 bridgehead atoms. The Kier molecular flexibility index (Phi) is 3.76. The van der Waals surface area contributed by atoms with Gasteiger partial charge in [-0.25, -0.2) is 4.99 Å². The summed E-state index contributed by atoms with van der Waals surface area (Å²) in [6, 6.07) is 15.3. The zero-order chi connectivity index (χ0) is 18.5. The molecule has 0 fully saturated rings. The van der Waals surface area contributed by atoms with E-state index in [1.165, 1.54) is 11.3 Å². The second-order valence-corrected chi connectivity index (χ2v) is 8.17. The van der Waals surface area contributed by atoms with Crippen molar-refractivity contribution in [3.8, 4) is 0 Å². The minimum Gasteiger partial charge on any atom is -0.334 e. The lowest BCUT2D eigenvalue weighted by atomic mass is 10.1. The Hall–Kier alpha value is -2.71. The number of hydrogen-bond donors (Lipinski definition) is 1. The lowest BCUT2D eigenvalue weighted by molar-refractivity contribution is -0.110. The lowest BCUT2D eigenvalue weighted by Crippen LogP contribution is -2.43. The van der Waals surface area contributed by atoms with Gasteiger partial charge in [0.05, 0.1) is 5.57 Å². The van der Waals surface area contributed by atoms with Crippen LogP contribution in [0.1, 0.15) is 5.56 Å². The summed E-state index contributed by atoms with van der Waals surface area (Å²) in [7, 11) is 0. The first kappa shape index (κ1) is 16.5. The Morgan fingerprint density at radius 2 is 1.85 bits per heavy atom. The molecule has 2 aromatic carbocycles. The van der Waals surface area contributed by atoms with Crippen LogP contribution in [0.25, 0.3) is 5.57 Å². The van der Waals surface area contributed by atoms with Crippen molar-refractivity contribution in [1.82, 2.24) is 4.57 Å². The number of anilines is 2. The third-order valence-electron chi connectivity index (χ3n) is 4.64. The molecule has 8 heteroatoms. The molecule has 5 rings (SSSR count). The third-order valence-corrected chi connectivity index (χ3v) is 6.29. The van der Waals surface area contributed by atoms with Gasteiger partial charge in [0, 0.05) is 21.4 Å². The second kappa shape index (κ2) is 6.17. The summed E-state index contributed by atoms with van der Waals surface area (Å²) in [4.78, 5) is 32.8. The summed E-state index contributed by atoms with van der Waals surface area (Å²) < 4.78 is 3.07. The minimum atomic E-state index is -0.239. The lowest BCUT2D eigenvalue weighted by Gasteiger charge is -2.25. The van der Waals surface area contributed by atoms with Gasteiger partial charge >= 0.3 is 0 Å². The van der Waals surface area contributed by atoms with E-state index in [0.29, 0.717) is 28.2 Å². The predicted molar refractivity (Wildman–Crippen MR) is 108 cm³/mol. The topological polar surface area (TPSA) is 66.7 Å². The maximum atomic E-state index is 13.1. The van der Waals surface area contributed by atoms with Crippen LogP contribution in [0, 0.1) is 0 Å². The quantitative estimate of drug-likeness (QED) is 0.627. The molecule has 27 heavy (non-hydrogen) atoms. The number of thiazole rings is 1. The van der Waals surface area contributed by atoms with Crippen molar-refractivity contribution >= 4 is 50.1 Å². The average Bonchev–Trinajstić information content (AvgIpc) is 3.18. The summed E-state index contributed by atoms with van der Waals surface area (Å²) in [5, 5.41) is 2.83. The number of carbonyl (C=O) groups excluding carboxylic acids is 1. The Labute approximate surface area is 166 Å². The number of benzene rings is 2. The number of fused-ring (bicyclic) bond motifs is 2. The summed E-state index contributed by atoms with van der Waals surface area (Å²) in [5.74, 6) is -0.239. The highest BCUT2D eigenvalue weighted by atomic mass is 79.9. The van der Waals surface area contributed by atoms with Crippen LogP contribution in [0.2, 0.25) is 0 Å². The van der Waals surface area contributed by atoms with E-state index in [0.717, 1.165) is 21.4 Å². The first-order valence-electron chi connectivity index (χ1n) is 8.31. The summed E-state index contributed by atoms with van der Waals surface area (Å²) >= 11 is 4.71. The fraction of sp³-hybridized carbons (Fsp3) is 0.105. The van der Waals surface area contributed by atoms with Gasteiger partial charge in [-0.1, -0.05) is 45.5 Å². The highest BCUT2D eigenvalue weighted by molar-refractivity contribution is 9.10. The highest BCUT2D eigenvalue weighted by Crippen LogP contribution is 2.29. The molecule has 0 unspecified atom stereocenters. The molecule has 0 aliphatic carbocycles. The number of aromatic nitrogens is 1. The highest BCUT2D eigenvalue weighted by Gasteiger charge is 2.27. The molecule has 0 saturated heterocycles. The van der Waals surface area contributed by atoms with Crippen LogP contribution in [0.15, 0.2) is 62.8 Å². The van der Waals surface area contributed by atoms with Gasteiger partial charge in [-0.15, -0.1) is 0 Å². The smallest absolute Gasteiger partial charge is 0.272 e. The molecule has 1 N–H and O–H groups in total. The van der Waals surface area contributed by atoms with Crippen molar-refractivity contribution in [1.29, 1.82) is 0 Å². The Bertz CT molecular complexity index is 1260. The molecule has 3 aromatic rings. The number of carbonyl (C=O) groups is 1. The van der Waals surface area contributed by atoms with Crippen LogP contribution in [0.5, 0.6) is 0 Å². The number of para-hydroxylation sites is 1. The molecule has 0 atom stereocenters. The van der Waals surface area contributed by atoms with Gasteiger partial charge in [0.15, 0.2) is 4.80 Å². The van der Waals surface area contributed by atoms with E-state index in [1.807, 2.05) is 53.4 Å². The third kappa shape index (κ3) is 2.64. The molecule has 3 heterocycles. The molecular weight excluding hydrogens is 428 g/mol. The van der Waals surface area contributed by atoms with E-state index in [9.17, 15) is 9.59 Å². The predicted octanol–water partition coefficient (Wildman–Crippen LogP) is 1.88. The molecule has 0 saturated carbocycles. The number of rotatable bonds is 1. The van der Waals surface area contributed by atoms with Crippen molar-refractivity contribution in [2.75, 3.05) is 16.9 Å². The standard InChI is InChI=1S/C19H13BrN4O2S/c20-11-5-7-12(8-6-11)23-9-21-19-24(10-23)18(26)16(27-19)15-13-3-1-2-4-14(13)22-17(15)25/h1-8H,9-10H2,(H,22,25)/b16-15-. The minimum absolute atomic E-state index is 0.178. The monoisotopic (exact) mass is 440 g/mol. The van der Waals surface area contributed by atoms with Crippen LogP contribution in [0.3, 0.4) is 0 Å². The molecule has 1 aromatic heterocycles. The first-order chi connectivity index (χ1) is 13.1. The maximum Gasteiger partial charge on any atom is 0.272 e. The molecule has 6 nitrogen and oxygen atoms in total. The van der Waals surface area contributed by atoms with Gasteiger partial charge < -0.3 is 10.2 Å². The van der Waals surface area contributed by atoms with Crippen molar-refractivity contribution in [2.24, 2.45) is 4.99 Å². The number of nitrogens with zero attached hydrogens (tertiary/aromatic N) is 3. The van der Waals surface area contributed by atoms with Gasteiger partial charge in [0.1, 0.15) is 17.9 Å². The summed E-state index contributed by atoms with van der Waals surface area (Å²) in [5.41, 5.74) is 2.75. The Balaban J connectivity index is 1.64. The van der Waals surface area contributed by atoms with Crippen molar-refractivity contribution in [2.45, 2.75) is 6.67 Å². The first-order valence-corrected chi connectivity index (χ1v) is 9.92. The van der Waals surface area contributed by atoms with Gasteiger partial charge in [-0.3, -0.25) is 14.2 Å². The van der Waals surface area contributed by atoms with Gasteiger partial charge in [0.2, 0.25) is 0 Å². The van der Waals surface area contributed by atoms with Crippen molar-refractivity contribution in [3.63, 3.8) is 0 Å². The number of nitrogens with one attached hydrogen (secondary N) is 1. The van der Waals surface area contributed by atoms with Crippen molar-refractivity contribution in [3.05, 3.63) is 78.3 Å². The van der Waals surface area contributed by atoms with E-state index in [1.54, 1.807) is 4.57 Å². The molecule has 134 valence electrons. The molecule has 1 amide bonds. The van der Waals surface area contributed by atoms with Crippen LogP contribution in [-0.2, 0) is 11.5 Å². The van der Waals surface area contributed by atoms with E-state index in [-0.39, 0.29) is 11.5 Å². The van der Waals surface area contributed by atoms with E-state index >= 15 is 0 Å². The molecule has 0 radical (unpaired) electrons. The average molecular weight is 441 g/mol. The number of amides is 1. The molecule has 2 aliphatic rings. The fourth-order valence-electron chi connectivity index (χ4n) is 3.32. The molecular formula is C19H13BrN4O2S. The van der Waals surface area contributed by atoms with Crippen molar-refractivity contribution < 1.29 is 4.79 Å². The van der Waals surface area contributed by atoms with E-state index in [2.05, 4.69) is 26.2 Å². The summed E-state index contributed by atoms with van der Waals surface area (Å²) in [6.45, 7) is 0.880. The Morgan fingerprint density at radius 1 is 1.07 bits per heavy atom. The van der Waals surface area contributed by atoms with Crippen LogP contribution in [0.4, 0.5) is 11.4 Å². The molecule has 2 aliphatic heterocycles. The maximum absolute atomic E-state index is 13.1. The zero-order valence-electron chi connectivity index (χ0n) is 14.0. The van der Waals surface area contributed by atoms with Gasteiger partial charge in [-0.05, 0) is 30.3 Å². The Morgan fingerprint density at radius 3 is 2.67 bits per heavy atom. The summed E-state index contributed by atoms with van der Waals surface area (Å²) in [6.07, 6.45) is 0. The van der Waals surface area contributed by atoms with E-state index < -0.39 is 0 Å².